The number of sulfone groups is 1. The molecule has 11 heteroatoms. The van der Waals surface area contributed by atoms with E-state index in [9.17, 15) is 13.2 Å². The predicted octanol–water partition coefficient (Wildman–Crippen LogP) is 2.78. The van der Waals surface area contributed by atoms with Crippen LogP contribution < -0.4 is 15.4 Å². The number of rotatable bonds is 9. The van der Waals surface area contributed by atoms with Crippen LogP contribution in [0.25, 0.3) is 16.7 Å². The molecule has 3 aliphatic rings. The SMILES string of the molecule is CS(=O)(=O)CCCOc1cccc2c1ccn2-c1ccnc(NC2CCC(C(=O)N3CC4CC3CN4)CC2)n1. The number of piperazine rings is 1. The summed E-state index contributed by atoms with van der Waals surface area (Å²) in [6, 6.07) is 10.8. The number of carbonyl (C=O) groups is 1. The van der Waals surface area contributed by atoms with Crippen molar-refractivity contribution < 1.29 is 17.9 Å². The molecule has 2 aliphatic heterocycles. The van der Waals surface area contributed by atoms with Gasteiger partial charge in [0.2, 0.25) is 11.9 Å². The molecule has 2 saturated heterocycles. The number of hydrogen-bond acceptors (Lipinski definition) is 8. The molecule has 208 valence electrons. The van der Waals surface area contributed by atoms with Crippen molar-refractivity contribution in [3.8, 4) is 11.6 Å². The Morgan fingerprint density at radius 3 is 2.77 bits per heavy atom. The van der Waals surface area contributed by atoms with Crippen molar-refractivity contribution in [3.63, 3.8) is 0 Å². The summed E-state index contributed by atoms with van der Waals surface area (Å²) < 4.78 is 30.7. The first-order chi connectivity index (χ1) is 18.8. The van der Waals surface area contributed by atoms with Crippen LogP contribution in [-0.4, -0.2) is 83.6 Å². The highest BCUT2D eigenvalue weighted by atomic mass is 32.2. The summed E-state index contributed by atoms with van der Waals surface area (Å²) in [6.07, 6.45) is 10.1. The molecular formula is C28H36N6O4S. The lowest BCUT2D eigenvalue weighted by Crippen LogP contribution is -2.49. The number of benzene rings is 1. The number of nitrogens with zero attached hydrogens (tertiary/aromatic N) is 4. The monoisotopic (exact) mass is 552 g/mol. The molecule has 2 unspecified atom stereocenters. The van der Waals surface area contributed by atoms with E-state index in [1.54, 1.807) is 6.20 Å². The van der Waals surface area contributed by atoms with E-state index in [4.69, 9.17) is 9.72 Å². The van der Waals surface area contributed by atoms with Gasteiger partial charge in [-0.3, -0.25) is 4.79 Å². The number of aromatic nitrogens is 3. The molecular weight excluding hydrogens is 516 g/mol. The Kier molecular flexibility index (Phi) is 7.20. The highest BCUT2D eigenvalue weighted by Gasteiger charge is 2.42. The first-order valence-electron chi connectivity index (χ1n) is 13.9. The zero-order chi connectivity index (χ0) is 27.0. The van der Waals surface area contributed by atoms with Crippen molar-refractivity contribution >= 4 is 32.6 Å². The number of carbonyl (C=O) groups excluding carboxylic acids is 1. The van der Waals surface area contributed by atoms with Crippen LogP contribution >= 0.6 is 0 Å². The van der Waals surface area contributed by atoms with Crippen molar-refractivity contribution in [2.75, 3.05) is 37.0 Å². The van der Waals surface area contributed by atoms with E-state index in [0.29, 0.717) is 37.0 Å². The van der Waals surface area contributed by atoms with Gasteiger partial charge in [0, 0.05) is 61.2 Å². The highest BCUT2D eigenvalue weighted by molar-refractivity contribution is 7.90. The summed E-state index contributed by atoms with van der Waals surface area (Å²) in [4.78, 5) is 24.5. The van der Waals surface area contributed by atoms with Gasteiger partial charge < -0.3 is 24.8 Å². The summed E-state index contributed by atoms with van der Waals surface area (Å²) in [5.74, 6) is 2.63. The van der Waals surface area contributed by atoms with Gasteiger partial charge in [0.25, 0.3) is 0 Å². The van der Waals surface area contributed by atoms with E-state index in [0.717, 1.165) is 67.7 Å². The third-order valence-corrected chi connectivity index (χ3v) is 9.28. The minimum atomic E-state index is -3.00. The smallest absolute Gasteiger partial charge is 0.226 e. The van der Waals surface area contributed by atoms with Gasteiger partial charge in [-0.2, -0.15) is 4.98 Å². The molecule has 0 radical (unpaired) electrons. The Morgan fingerprint density at radius 1 is 1.18 bits per heavy atom. The molecule has 3 fully saturated rings. The lowest BCUT2D eigenvalue weighted by Gasteiger charge is -2.34. The van der Waals surface area contributed by atoms with Crippen molar-refractivity contribution in [2.45, 2.75) is 56.7 Å². The first-order valence-corrected chi connectivity index (χ1v) is 15.9. The Bertz CT molecular complexity index is 1450. The largest absolute Gasteiger partial charge is 0.493 e. The van der Waals surface area contributed by atoms with Crippen molar-refractivity contribution in [1.82, 2.24) is 24.8 Å². The fourth-order valence-corrected chi connectivity index (χ4v) is 6.90. The fraction of sp³-hybridized carbons (Fsp3) is 0.536. The minimum Gasteiger partial charge on any atom is -0.493 e. The number of likely N-dealkylation sites (tertiary alicyclic amines) is 1. The van der Waals surface area contributed by atoms with Crippen LogP contribution in [0.1, 0.15) is 38.5 Å². The number of nitrogens with one attached hydrogen (secondary N) is 2. The van der Waals surface area contributed by atoms with Gasteiger partial charge in [0.05, 0.1) is 17.9 Å². The van der Waals surface area contributed by atoms with Crippen LogP contribution in [-0.2, 0) is 14.6 Å². The Hall–Kier alpha value is -3.18. The molecule has 1 saturated carbocycles. The molecule has 2 bridgehead atoms. The van der Waals surface area contributed by atoms with Crippen LogP contribution in [0.4, 0.5) is 5.95 Å². The third-order valence-electron chi connectivity index (χ3n) is 8.25. The Morgan fingerprint density at radius 2 is 2.03 bits per heavy atom. The van der Waals surface area contributed by atoms with Crippen LogP contribution in [0.5, 0.6) is 5.75 Å². The lowest BCUT2D eigenvalue weighted by molar-refractivity contribution is -0.137. The van der Waals surface area contributed by atoms with Gasteiger partial charge in [0.15, 0.2) is 0 Å². The van der Waals surface area contributed by atoms with Crippen LogP contribution in [0, 0.1) is 5.92 Å². The normalized spacial score (nSPS) is 24.8. The third kappa shape index (κ3) is 5.74. The molecule has 4 heterocycles. The van der Waals surface area contributed by atoms with E-state index >= 15 is 0 Å². The molecule has 1 amide bonds. The van der Waals surface area contributed by atoms with E-state index in [2.05, 4.69) is 20.5 Å². The minimum absolute atomic E-state index is 0.107. The number of ether oxygens (including phenoxy) is 1. The molecule has 2 atom stereocenters. The van der Waals surface area contributed by atoms with Gasteiger partial charge in [-0.25, -0.2) is 13.4 Å². The van der Waals surface area contributed by atoms with Crippen molar-refractivity contribution in [2.24, 2.45) is 5.92 Å². The van der Waals surface area contributed by atoms with Crippen LogP contribution in [0.2, 0.25) is 0 Å². The van der Waals surface area contributed by atoms with E-state index in [1.807, 2.05) is 41.1 Å². The second-order valence-corrected chi connectivity index (χ2v) is 13.4. The van der Waals surface area contributed by atoms with Gasteiger partial charge in [0.1, 0.15) is 21.4 Å². The summed E-state index contributed by atoms with van der Waals surface area (Å²) in [6.45, 7) is 2.15. The number of fused-ring (bicyclic) bond motifs is 3. The number of anilines is 1. The zero-order valence-electron chi connectivity index (χ0n) is 22.3. The second-order valence-electron chi connectivity index (χ2n) is 11.1. The Labute approximate surface area is 229 Å². The van der Waals surface area contributed by atoms with Gasteiger partial charge in [-0.15, -0.1) is 0 Å². The zero-order valence-corrected chi connectivity index (χ0v) is 23.1. The molecule has 10 nitrogen and oxygen atoms in total. The van der Waals surface area contributed by atoms with Crippen LogP contribution in [0.3, 0.4) is 0 Å². The van der Waals surface area contributed by atoms with Crippen molar-refractivity contribution in [1.29, 1.82) is 0 Å². The topological polar surface area (TPSA) is 118 Å². The highest BCUT2D eigenvalue weighted by Crippen LogP contribution is 2.32. The van der Waals surface area contributed by atoms with E-state index in [-0.39, 0.29) is 17.7 Å². The molecule has 6 rings (SSSR count). The predicted molar refractivity (Wildman–Crippen MR) is 150 cm³/mol. The average molecular weight is 553 g/mol. The lowest BCUT2D eigenvalue weighted by atomic mass is 9.85. The molecule has 1 aromatic carbocycles. The fourth-order valence-electron chi connectivity index (χ4n) is 6.25. The van der Waals surface area contributed by atoms with Gasteiger partial charge in [-0.1, -0.05) is 6.07 Å². The van der Waals surface area contributed by atoms with Gasteiger partial charge >= 0.3 is 0 Å². The molecule has 3 aromatic rings. The van der Waals surface area contributed by atoms with Crippen molar-refractivity contribution in [3.05, 3.63) is 42.7 Å². The molecule has 0 spiro atoms. The second kappa shape index (κ2) is 10.8. The summed E-state index contributed by atoms with van der Waals surface area (Å²) >= 11 is 0. The van der Waals surface area contributed by atoms with Gasteiger partial charge in [-0.05, 0) is 62.8 Å². The summed E-state index contributed by atoms with van der Waals surface area (Å²) in [5.41, 5.74) is 0.949. The maximum atomic E-state index is 13.1. The summed E-state index contributed by atoms with van der Waals surface area (Å²) in [5, 5.41) is 7.92. The number of amides is 1. The Balaban J connectivity index is 1.08. The first kappa shape index (κ1) is 26.1. The molecule has 39 heavy (non-hydrogen) atoms. The maximum absolute atomic E-state index is 13.1. The molecule has 2 N–H and O–H groups in total. The van der Waals surface area contributed by atoms with E-state index < -0.39 is 9.84 Å². The van der Waals surface area contributed by atoms with E-state index in [1.165, 1.54) is 6.26 Å². The quantitative estimate of drug-likeness (QED) is 0.389. The number of hydrogen-bond donors (Lipinski definition) is 2. The molecule has 2 aromatic heterocycles. The standard InChI is InChI=1S/C28H36N6O4S/c1-39(36,37)15-3-14-38-25-5-2-4-24-23(25)11-13-33(24)26-10-12-29-28(32-26)31-20-8-6-19(7-9-20)27(35)34-18-21-16-22(34)17-30-21/h2,4-5,10-13,19-22,30H,3,6-9,14-18H2,1H3,(H,29,31,32). The van der Waals surface area contributed by atoms with Crippen LogP contribution in [0.15, 0.2) is 42.7 Å². The maximum Gasteiger partial charge on any atom is 0.226 e. The summed E-state index contributed by atoms with van der Waals surface area (Å²) in [7, 11) is -3.00. The average Bonchev–Trinajstić information content (AvgIpc) is 3.67. The molecule has 1 aliphatic carbocycles.